The summed E-state index contributed by atoms with van der Waals surface area (Å²) in [4.78, 5) is 12.2. The highest BCUT2D eigenvalue weighted by Crippen LogP contribution is 2.69. The third-order valence-corrected chi connectivity index (χ3v) is 10.6. The molecule has 0 unspecified atom stereocenters. The molecule has 5 fully saturated rings. The van der Waals surface area contributed by atoms with Gasteiger partial charge in [-0.15, -0.1) is 0 Å². The Morgan fingerprint density at radius 2 is 1.76 bits per heavy atom. The van der Waals surface area contributed by atoms with Crippen molar-refractivity contribution in [3.05, 3.63) is 0 Å². The lowest BCUT2D eigenvalue weighted by molar-refractivity contribution is -0.207. The van der Waals surface area contributed by atoms with Gasteiger partial charge in [0.2, 0.25) is 0 Å². The van der Waals surface area contributed by atoms with Crippen LogP contribution < -0.4 is 0 Å². The molecule has 5 aliphatic rings. The van der Waals surface area contributed by atoms with Crippen molar-refractivity contribution >= 4 is 5.97 Å². The van der Waals surface area contributed by atoms with E-state index in [1.165, 1.54) is 0 Å². The zero-order valence-corrected chi connectivity index (χ0v) is 18.1. The van der Waals surface area contributed by atoms with E-state index >= 15 is 0 Å². The van der Waals surface area contributed by atoms with Gasteiger partial charge in [0.1, 0.15) is 6.10 Å². The Balaban J connectivity index is 1.53. The number of hydrogen-bond acceptors (Lipinski definition) is 5. The zero-order chi connectivity index (χ0) is 20.7. The summed E-state index contributed by atoms with van der Waals surface area (Å²) in [5.74, 6) is 1.32. The van der Waals surface area contributed by atoms with Crippen LogP contribution in [-0.4, -0.2) is 45.7 Å². The van der Waals surface area contributed by atoms with Gasteiger partial charge in [0, 0.05) is 17.8 Å². The second-order valence-electron chi connectivity index (χ2n) is 11.6. The Labute approximate surface area is 174 Å². The minimum absolute atomic E-state index is 0.0678. The van der Waals surface area contributed by atoms with Gasteiger partial charge < -0.3 is 20.1 Å². The normalized spacial score (nSPS) is 59.6. The fourth-order valence-electron chi connectivity index (χ4n) is 9.07. The van der Waals surface area contributed by atoms with Gasteiger partial charge in [-0.25, -0.2) is 0 Å². The van der Waals surface area contributed by atoms with Crippen molar-refractivity contribution in [2.45, 2.75) is 96.6 Å². The van der Waals surface area contributed by atoms with E-state index in [2.05, 4.69) is 20.8 Å². The van der Waals surface area contributed by atoms with Crippen molar-refractivity contribution in [3.63, 3.8) is 0 Å². The maximum Gasteiger partial charge on any atom is 0.306 e. The number of aliphatic hydroxyl groups is 3. The average Bonchev–Trinajstić information content (AvgIpc) is 2.86. The van der Waals surface area contributed by atoms with Gasteiger partial charge in [-0.05, 0) is 80.0 Å². The number of aliphatic hydroxyl groups excluding tert-OH is 3. The molecule has 5 rings (SSSR count). The predicted molar refractivity (Wildman–Crippen MR) is 108 cm³/mol. The number of rotatable bonds is 0. The van der Waals surface area contributed by atoms with Crippen LogP contribution in [0, 0.1) is 46.3 Å². The first-order valence-corrected chi connectivity index (χ1v) is 11.9. The van der Waals surface area contributed by atoms with Crippen molar-refractivity contribution in [1.82, 2.24) is 0 Å². The van der Waals surface area contributed by atoms with Crippen LogP contribution in [0.1, 0.15) is 72.1 Å². The van der Waals surface area contributed by atoms with Crippen molar-refractivity contribution in [3.8, 4) is 0 Å². The monoisotopic (exact) mass is 406 g/mol. The highest BCUT2D eigenvalue weighted by atomic mass is 16.5. The Hall–Kier alpha value is -0.650. The summed E-state index contributed by atoms with van der Waals surface area (Å²) >= 11 is 0. The minimum Gasteiger partial charge on any atom is -0.462 e. The fraction of sp³-hybridized carbons (Fsp3) is 0.958. The lowest BCUT2D eigenvalue weighted by atomic mass is 9.43. The van der Waals surface area contributed by atoms with Crippen LogP contribution in [0.5, 0.6) is 0 Å². The molecule has 0 aromatic heterocycles. The smallest absolute Gasteiger partial charge is 0.306 e. The number of ether oxygens (including phenoxy) is 1. The largest absolute Gasteiger partial charge is 0.462 e. The molecular formula is C24H38O5. The van der Waals surface area contributed by atoms with E-state index in [9.17, 15) is 20.1 Å². The summed E-state index contributed by atoms with van der Waals surface area (Å²) in [6.07, 6.45) is 4.90. The summed E-state index contributed by atoms with van der Waals surface area (Å²) in [6.45, 7) is 6.77. The first-order valence-electron chi connectivity index (χ1n) is 11.9. The van der Waals surface area contributed by atoms with E-state index in [1.54, 1.807) is 0 Å². The number of carbonyl (C=O) groups excluding carboxylic acids is 1. The molecule has 1 aliphatic heterocycles. The van der Waals surface area contributed by atoms with Gasteiger partial charge >= 0.3 is 5.97 Å². The number of carbonyl (C=O) groups is 1. The molecule has 0 aromatic rings. The Morgan fingerprint density at radius 3 is 2.52 bits per heavy atom. The first-order chi connectivity index (χ1) is 13.7. The molecule has 0 amide bonds. The van der Waals surface area contributed by atoms with E-state index in [4.69, 9.17) is 4.74 Å². The number of esters is 1. The summed E-state index contributed by atoms with van der Waals surface area (Å²) in [5, 5.41) is 33.1. The molecule has 29 heavy (non-hydrogen) atoms. The van der Waals surface area contributed by atoms with Crippen LogP contribution in [0.2, 0.25) is 0 Å². The van der Waals surface area contributed by atoms with Gasteiger partial charge in [0.15, 0.2) is 0 Å². The quantitative estimate of drug-likeness (QED) is 0.539. The van der Waals surface area contributed by atoms with Crippen molar-refractivity contribution in [1.29, 1.82) is 0 Å². The summed E-state index contributed by atoms with van der Waals surface area (Å²) < 4.78 is 5.91. The Bertz CT molecular complexity index is 680. The van der Waals surface area contributed by atoms with Crippen molar-refractivity contribution < 1.29 is 24.9 Å². The van der Waals surface area contributed by atoms with Crippen molar-refractivity contribution in [2.24, 2.45) is 46.3 Å². The molecule has 0 spiro atoms. The number of fused-ring (bicyclic) bond motifs is 7. The van der Waals surface area contributed by atoms with Gasteiger partial charge in [0.25, 0.3) is 0 Å². The molecule has 0 bridgehead atoms. The predicted octanol–water partition coefficient (Wildman–Crippen LogP) is 2.90. The molecule has 3 N–H and O–H groups in total. The molecule has 0 radical (unpaired) electrons. The third kappa shape index (κ3) is 2.72. The topological polar surface area (TPSA) is 87.0 Å². The summed E-state index contributed by atoms with van der Waals surface area (Å²) in [5.41, 5.74) is -0.243. The maximum atomic E-state index is 12.2. The molecular weight excluding hydrogens is 368 g/mol. The lowest BCUT2D eigenvalue weighted by Gasteiger charge is -2.63. The highest BCUT2D eigenvalue weighted by molar-refractivity contribution is 5.70. The maximum absolute atomic E-state index is 12.2. The molecule has 1 heterocycles. The third-order valence-electron chi connectivity index (χ3n) is 10.6. The van der Waals surface area contributed by atoms with Crippen LogP contribution in [0.25, 0.3) is 0 Å². The fourth-order valence-corrected chi connectivity index (χ4v) is 9.07. The van der Waals surface area contributed by atoms with Crippen LogP contribution in [0.3, 0.4) is 0 Å². The Kier molecular flexibility index (Phi) is 4.66. The SMILES string of the molecule is C[C@@H]1CCC(=O)O[C@@H]2C[C@H]3[C@@H]4[C@H](O)C[C@@H]5C[C@H](O)CC[C@]5(C)[C@H]4C[C@H](O)[C@]3(C)[C@@H]12. The second kappa shape index (κ2) is 6.67. The van der Waals surface area contributed by atoms with E-state index in [0.29, 0.717) is 18.3 Å². The molecule has 4 saturated carbocycles. The van der Waals surface area contributed by atoms with E-state index < -0.39 is 12.2 Å². The van der Waals surface area contributed by atoms with Gasteiger partial charge in [-0.2, -0.15) is 0 Å². The molecule has 1 saturated heterocycles. The highest BCUT2D eigenvalue weighted by Gasteiger charge is 2.68. The van der Waals surface area contributed by atoms with E-state index in [1.807, 2.05) is 0 Å². The zero-order valence-electron chi connectivity index (χ0n) is 18.1. The number of hydrogen-bond donors (Lipinski definition) is 3. The van der Waals surface area contributed by atoms with Crippen LogP contribution in [0.15, 0.2) is 0 Å². The molecule has 12 atom stereocenters. The summed E-state index contributed by atoms with van der Waals surface area (Å²) in [7, 11) is 0. The molecule has 0 aromatic carbocycles. The molecule has 4 aliphatic carbocycles. The lowest BCUT2D eigenvalue weighted by Crippen LogP contribution is -2.62. The second-order valence-corrected chi connectivity index (χ2v) is 11.6. The van der Waals surface area contributed by atoms with E-state index in [-0.39, 0.29) is 52.7 Å². The first kappa shape index (κ1) is 20.3. The standard InChI is InChI=1S/C24H38O5/c1-12-4-5-20(28)29-18-10-16-21-15(11-19(27)24(16,3)22(12)18)23(2)7-6-14(25)8-13(23)9-17(21)26/h12-19,21-22,25-27H,4-11H2,1-3H3/t12-,13+,14-,15+,16+,17-,18-,19+,21-,22+,23+,24-/m1/s1. The van der Waals surface area contributed by atoms with Gasteiger partial charge in [-0.3, -0.25) is 4.79 Å². The molecule has 164 valence electrons. The van der Waals surface area contributed by atoms with Gasteiger partial charge in [-0.1, -0.05) is 20.8 Å². The summed E-state index contributed by atoms with van der Waals surface area (Å²) in [6, 6.07) is 0. The van der Waals surface area contributed by atoms with Crippen LogP contribution >= 0.6 is 0 Å². The van der Waals surface area contributed by atoms with Crippen molar-refractivity contribution in [2.75, 3.05) is 0 Å². The van der Waals surface area contributed by atoms with Gasteiger partial charge in [0.05, 0.1) is 18.3 Å². The van der Waals surface area contributed by atoms with Crippen LogP contribution in [0.4, 0.5) is 0 Å². The van der Waals surface area contributed by atoms with E-state index in [0.717, 1.165) is 44.9 Å². The molecule has 5 heteroatoms. The average molecular weight is 407 g/mol. The Morgan fingerprint density at radius 1 is 1.00 bits per heavy atom. The van der Waals surface area contributed by atoms with Crippen LogP contribution in [-0.2, 0) is 9.53 Å². The molecule has 5 nitrogen and oxygen atoms in total. The minimum atomic E-state index is -0.433.